The summed E-state index contributed by atoms with van der Waals surface area (Å²) in [5.74, 6) is -0.657. The third kappa shape index (κ3) is 12.6. The first-order valence-corrected chi connectivity index (χ1v) is 14.1. The molecule has 2 aliphatic heterocycles. The number of carboxylic acids is 1. The average molecular weight is 571 g/mol. The van der Waals surface area contributed by atoms with Crippen LogP contribution < -0.4 is 0 Å². The van der Waals surface area contributed by atoms with Crippen LogP contribution in [0.15, 0.2) is 0 Å². The second-order valence-corrected chi connectivity index (χ2v) is 10.2. The lowest BCUT2D eigenvalue weighted by molar-refractivity contribution is -0.355. The van der Waals surface area contributed by atoms with E-state index in [-0.39, 0.29) is 0 Å². The van der Waals surface area contributed by atoms with Gasteiger partial charge in [0.15, 0.2) is 12.6 Å². The number of aliphatic hydroxyl groups excluding tert-OH is 8. The minimum Gasteiger partial charge on any atom is -0.481 e. The summed E-state index contributed by atoms with van der Waals surface area (Å²) in [6.07, 6.45) is -1.21. The van der Waals surface area contributed by atoms with Crippen LogP contribution in [0, 0.1) is 0 Å². The van der Waals surface area contributed by atoms with E-state index in [1.807, 2.05) is 0 Å². The number of hydrogen-bond donors (Lipinski definition) is 9. The van der Waals surface area contributed by atoms with Gasteiger partial charge in [0.1, 0.15) is 48.8 Å². The van der Waals surface area contributed by atoms with Gasteiger partial charge < -0.3 is 60.2 Å². The van der Waals surface area contributed by atoms with Crippen molar-refractivity contribution < 1.29 is 65.0 Å². The Morgan fingerprint density at radius 3 is 1.64 bits per heavy atom. The molecule has 2 heterocycles. The first-order valence-electron chi connectivity index (χ1n) is 14.1. The Balaban J connectivity index is 0.000000420. The molecule has 2 saturated heterocycles. The Bertz CT molecular complexity index is 635. The summed E-state index contributed by atoms with van der Waals surface area (Å²) in [7, 11) is 0. The van der Waals surface area contributed by atoms with Crippen molar-refractivity contribution in [2.45, 2.75) is 145 Å². The van der Waals surface area contributed by atoms with Crippen molar-refractivity contribution in [3.05, 3.63) is 0 Å². The maximum Gasteiger partial charge on any atom is 0.303 e. The van der Waals surface area contributed by atoms with Crippen LogP contribution in [0.1, 0.15) is 84.0 Å². The molecule has 0 aliphatic carbocycles. The minimum absolute atomic E-state index is 0.344. The van der Waals surface area contributed by atoms with E-state index in [2.05, 4.69) is 6.92 Å². The largest absolute Gasteiger partial charge is 0.481 e. The monoisotopic (exact) mass is 570 g/mol. The van der Waals surface area contributed by atoms with Gasteiger partial charge in [0, 0.05) is 6.42 Å². The highest BCUT2D eigenvalue weighted by atomic mass is 16.7. The molecule has 0 amide bonds. The van der Waals surface area contributed by atoms with Gasteiger partial charge in [-0.1, -0.05) is 71.1 Å². The predicted octanol–water partition coefficient (Wildman–Crippen LogP) is -0.625. The SMILES string of the molecule is CCCCCCCCCCCCCC(=O)O.OC[C@H]1O[C@@H](O[C@H]2[C@H](O)[C@@H](O)C(O)O[C@@H]2CO)[C@H](O)[C@@H](O)[C@H]1O. The number of carbonyl (C=O) groups is 1. The summed E-state index contributed by atoms with van der Waals surface area (Å²) in [6, 6.07) is 0. The molecule has 0 aromatic rings. The minimum atomic E-state index is -1.74. The molecule has 0 aromatic carbocycles. The van der Waals surface area contributed by atoms with E-state index in [1.54, 1.807) is 0 Å². The number of carboxylic acid groups (broad SMARTS) is 1. The van der Waals surface area contributed by atoms with Crippen molar-refractivity contribution >= 4 is 5.97 Å². The number of ether oxygens (including phenoxy) is 3. The van der Waals surface area contributed by atoms with E-state index < -0.39 is 80.6 Å². The van der Waals surface area contributed by atoms with Gasteiger partial charge in [-0.05, 0) is 6.42 Å². The van der Waals surface area contributed by atoms with E-state index in [4.69, 9.17) is 24.4 Å². The van der Waals surface area contributed by atoms with Crippen LogP contribution in [0.2, 0.25) is 0 Å². The molecule has 2 rings (SSSR count). The molecule has 0 bridgehead atoms. The molecule has 0 spiro atoms. The van der Waals surface area contributed by atoms with Crippen LogP contribution in [0.3, 0.4) is 0 Å². The van der Waals surface area contributed by atoms with Crippen LogP contribution in [0.5, 0.6) is 0 Å². The summed E-state index contributed by atoms with van der Waals surface area (Å²) >= 11 is 0. The molecule has 0 aromatic heterocycles. The Kier molecular flexibility index (Phi) is 18.5. The lowest BCUT2D eigenvalue weighted by atomic mass is 9.97. The smallest absolute Gasteiger partial charge is 0.303 e. The zero-order valence-electron chi connectivity index (χ0n) is 22.8. The van der Waals surface area contributed by atoms with Crippen LogP contribution in [-0.2, 0) is 19.0 Å². The third-order valence-electron chi connectivity index (χ3n) is 6.97. The number of hydrogen-bond acceptors (Lipinski definition) is 12. The molecule has 0 saturated carbocycles. The molecule has 10 atom stereocenters. The van der Waals surface area contributed by atoms with Gasteiger partial charge in [0.05, 0.1) is 13.2 Å². The van der Waals surface area contributed by atoms with Crippen LogP contribution in [0.4, 0.5) is 0 Å². The van der Waals surface area contributed by atoms with Crippen molar-refractivity contribution in [3.8, 4) is 0 Å². The van der Waals surface area contributed by atoms with Gasteiger partial charge in [-0.2, -0.15) is 0 Å². The number of aliphatic carboxylic acids is 1. The van der Waals surface area contributed by atoms with Gasteiger partial charge in [-0.3, -0.25) is 4.79 Å². The van der Waals surface area contributed by atoms with Crippen molar-refractivity contribution in [1.29, 1.82) is 0 Å². The quantitative estimate of drug-likeness (QED) is 0.106. The number of unbranched alkanes of at least 4 members (excludes halogenated alkanes) is 10. The first kappa shape index (κ1) is 36.1. The Hall–Kier alpha value is -0.970. The molecule has 13 nitrogen and oxygen atoms in total. The van der Waals surface area contributed by atoms with Gasteiger partial charge in [-0.15, -0.1) is 0 Å². The normalized spacial score (nSPS) is 34.8. The molecule has 9 N–H and O–H groups in total. The average Bonchev–Trinajstić information content (AvgIpc) is 2.92. The van der Waals surface area contributed by atoms with Crippen molar-refractivity contribution in [2.24, 2.45) is 0 Å². The molecular weight excluding hydrogens is 520 g/mol. The molecule has 13 heteroatoms. The molecule has 232 valence electrons. The van der Waals surface area contributed by atoms with E-state index >= 15 is 0 Å². The molecule has 2 aliphatic rings. The van der Waals surface area contributed by atoms with E-state index in [0.717, 1.165) is 12.8 Å². The van der Waals surface area contributed by atoms with Crippen LogP contribution in [-0.4, -0.2) is 127 Å². The molecular formula is C26H50O13. The number of rotatable bonds is 16. The third-order valence-corrected chi connectivity index (χ3v) is 6.97. The maximum absolute atomic E-state index is 10.3. The highest BCUT2D eigenvalue weighted by Crippen LogP contribution is 2.28. The molecule has 1 unspecified atom stereocenters. The van der Waals surface area contributed by atoms with Gasteiger partial charge in [-0.25, -0.2) is 0 Å². The fourth-order valence-corrected chi connectivity index (χ4v) is 4.51. The van der Waals surface area contributed by atoms with Gasteiger partial charge >= 0.3 is 5.97 Å². The summed E-state index contributed by atoms with van der Waals surface area (Å²) in [5, 5.41) is 84.9. The van der Waals surface area contributed by atoms with E-state index in [1.165, 1.54) is 57.8 Å². The standard InChI is InChI=1S/C14H28O2.C12H22O11/c1-2-3-4-5-6-7-8-9-10-11-12-13-14(15)16;13-1-3-5(15)6(16)9(19)12(22-3)23-10-4(2-14)21-11(20)8(18)7(10)17/h2-13H2,1H3,(H,15,16);3-20H,1-2H2/t;3-,4-,5+,6+,7-,8-,9-,10-,11?,12+/m.1/s1. The van der Waals surface area contributed by atoms with Gasteiger partial charge in [0.2, 0.25) is 0 Å². The topological polar surface area (TPSA) is 227 Å². The Labute approximate surface area is 230 Å². The summed E-state index contributed by atoms with van der Waals surface area (Å²) < 4.78 is 15.3. The van der Waals surface area contributed by atoms with E-state index in [9.17, 15) is 40.5 Å². The molecule has 0 radical (unpaired) electrons. The zero-order valence-corrected chi connectivity index (χ0v) is 22.8. The van der Waals surface area contributed by atoms with Crippen molar-refractivity contribution in [2.75, 3.05) is 13.2 Å². The highest BCUT2D eigenvalue weighted by Gasteiger charge is 2.50. The first-order chi connectivity index (χ1) is 18.6. The van der Waals surface area contributed by atoms with Crippen LogP contribution in [0.25, 0.3) is 0 Å². The summed E-state index contributed by atoms with van der Waals surface area (Å²) in [5.41, 5.74) is 0. The maximum atomic E-state index is 10.3. The highest BCUT2D eigenvalue weighted by molar-refractivity contribution is 5.66. The Morgan fingerprint density at radius 1 is 0.641 bits per heavy atom. The van der Waals surface area contributed by atoms with Crippen molar-refractivity contribution in [1.82, 2.24) is 0 Å². The summed E-state index contributed by atoms with van der Waals surface area (Å²) in [6.45, 7) is 0.902. The Morgan fingerprint density at radius 2 is 1.15 bits per heavy atom. The fraction of sp³-hybridized carbons (Fsp3) is 0.962. The second-order valence-electron chi connectivity index (χ2n) is 10.2. The second kappa shape index (κ2) is 20.0. The molecule has 39 heavy (non-hydrogen) atoms. The molecule has 2 fully saturated rings. The lowest BCUT2D eigenvalue weighted by Gasteiger charge is -2.45. The van der Waals surface area contributed by atoms with Gasteiger partial charge in [0.25, 0.3) is 0 Å². The van der Waals surface area contributed by atoms with E-state index in [0.29, 0.717) is 6.42 Å². The number of aliphatic hydroxyl groups is 8. The van der Waals surface area contributed by atoms with Crippen molar-refractivity contribution in [3.63, 3.8) is 0 Å². The van der Waals surface area contributed by atoms with Crippen LogP contribution >= 0.6 is 0 Å². The summed E-state index contributed by atoms with van der Waals surface area (Å²) in [4.78, 5) is 10.3. The lowest BCUT2D eigenvalue weighted by Crippen LogP contribution is -2.64. The fourth-order valence-electron chi connectivity index (χ4n) is 4.51. The zero-order chi connectivity index (χ0) is 29.4. The predicted molar refractivity (Wildman–Crippen MR) is 137 cm³/mol.